The lowest BCUT2D eigenvalue weighted by atomic mass is 10.1. The second kappa shape index (κ2) is 12.1. The number of furan rings is 1. The fourth-order valence-corrected chi connectivity index (χ4v) is 5.06. The number of fused-ring (bicyclic) bond motifs is 1. The molecule has 0 unspecified atom stereocenters. The van der Waals surface area contributed by atoms with Crippen LogP contribution in [0.5, 0.6) is 0 Å². The molecule has 2 amide bonds. The molecular formula is C28H28N4O5S. The molecule has 2 N–H and O–H groups in total. The zero-order valence-corrected chi connectivity index (χ0v) is 21.5. The summed E-state index contributed by atoms with van der Waals surface area (Å²) in [4.78, 5) is 43.0. The molecule has 9 nitrogen and oxygen atoms in total. The van der Waals surface area contributed by atoms with Crippen LogP contribution < -0.4 is 16.2 Å². The lowest BCUT2D eigenvalue weighted by Gasteiger charge is -2.14. The van der Waals surface area contributed by atoms with Crippen molar-refractivity contribution in [1.29, 1.82) is 0 Å². The average Bonchev–Trinajstić information content (AvgIpc) is 3.66. The molecule has 0 saturated carbocycles. The van der Waals surface area contributed by atoms with Crippen molar-refractivity contribution in [2.75, 3.05) is 18.9 Å². The smallest absolute Gasteiger partial charge is 0.262 e. The second-order valence-electron chi connectivity index (χ2n) is 8.99. The standard InChI is InChI=1S/C28H28N4O5S/c33-25(29-15-21-5-3-13-36-21)18-38-28-31-24-8-2-1-7-23(24)27(35)32(28)17-19-9-11-20(12-10-19)26(34)30-16-22-6-4-14-37-22/h1-3,5,7-13,22H,4,6,14-18H2,(H,29,33)(H,30,34)/t22-/m0/s1. The molecule has 0 aliphatic carbocycles. The van der Waals surface area contributed by atoms with Crippen LogP contribution in [0.1, 0.15) is 34.5 Å². The third kappa shape index (κ3) is 6.32. The summed E-state index contributed by atoms with van der Waals surface area (Å²) < 4.78 is 12.4. The number of ether oxygens (including phenoxy) is 1. The van der Waals surface area contributed by atoms with Gasteiger partial charge in [0.25, 0.3) is 11.5 Å². The van der Waals surface area contributed by atoms with Crippen LogP contribution in [0.15, 0.2) is 81.3 Å². The van der Waals surface area contributed by atoms with Crippen molar-refractivity contribution in [1.82, 2.24) is 20.2 Å². The summed E-state index contributed by atoms with van der Waals surface area (Å²) in [6, 6.07) is 17.8. The van der Waals surface area contributed by atoms with Crippen molar-refractivity contribution < 1.29 is 18.7 Å². The molecule has 3 heterocycles. The molecule has 2 aromatic carbocycles. The summed E-state index contributed by atoms with van der Waals surface area (Å²) in [5.74, 6) is 0.398. The van der Waals surface area contributed by atoms with Crippen molar-refractivity contribution in [3.63, 3.8) is 0 Å². The lowest BCUT2D eigenvalue weighted by molar-refractivity contribution is -0.118. The molecule has 1 saturated heterocycles. The number of hydrogen-bond donors (Lipinski definition) is 2. The molecule has 5 rings (SSSR count). The van der Waals surface area contributed by atoms with Gasteiger partial charge in [0, 0.05) is 18.7 Å². The van der Waals surface area contributed by atoms with E-state index in [1.54, 1.807) is 53.3 Å². The number of benzene rings is 2. The van der Waals surface area contributed by atoms with Crippen molar-refractivity contribution in [2.45, 2.75) is 37.2 Å². The Morgan fingerprint density at radius 3 is 2.66 bits per heavy atom. The summed E-state index contributed by atoms with van der Waals surface area (Å²) in [7, 11) is 0. The molecular weight excluding hydrogens is 504 g/mol. The van der Waals surface area contributed by atoms with E-state index in [4.69, 9.17) is 9.15 Å². The van der Waals surface area contributed by atoms with Gasteiger partial charge in [0.15, 0.2) is 5.16 Å². The Labute approximate surface area is 223 Å². The maximum absolute atomic E-state index is 13.4. The van der Waals surface area contributed by atoms with E-state index in [0.717, 1.165) is 25.0 Å². The minimum Gasteiger partial charge on any atom is -0.467 e. The van der Waals surface area contributed by atoms with E-state index < -0.39 is 0 Å². The van der Waals surface area contributed by atoms with Crippen LogP contribution in [0.2, 0.25) is 0 Å². The normalized spacial score (nSPS) is 15.0. The zero-order chi connectivity index (χ0) is 26.3. The topological polar surface area (TPSA) is 115 Å². The molecule has 1 aliphatic heterocycles. The van der Waals surface area contributed by atoms with Gasteiger partial charge >= 0.3 is 0 Å². The summed E-state index contributed by atoms with van der Waals surface area (Å²) in [6.45, 7) is 1.78. The highest BCUT2D eigenvalue weighted by atomic mass is 32.2. The van der Waals surface area contributed by atoms with Crippen LogP contribution in [0.4, 0.5) is 0 Å². The van der Waals surface area contributed by atoms with E-state index in [1.165, 1.54) is 11.8 Å². The highest BCUT2D eigenvalue weighted by Gasteiger charge is 2.17. The number of para-hydroxylation sites is 1. The maximum Gasteiger partial charge on any atom is 0.262 e. The molecule has 38 heavy (non-hydrogen) atoms. The molecule has 0 radical (unpaired) electrons. The van der Waals surface area contributed by atoms with Gasteiger partial charge in [-0.25, -0.2) is 4.98 Å². The van der Waals surface area contributed by atoms with Crippen LogP contribution in [0.25, 0.3) is 10.9 Å². The third-order valence-electron chi connectivity index (χ3n) is 6.27. The number of aromatic nitrogens is 2. The Bertz CT molecular complexity index is 1460. The highest BCUT2D eigenvalue weighted by molar-refractivity contribution is 7.99. The summed E-state index contributed by atoms with van der Waals surface area (Å²) in [6.07, 6.45) is 3.61. The van der Waals surface area contributed by atoms with Crippen LogP contribution in [0, 0.1) is 0 Å². The fraction of sp³-hybridized carbons (Fsp3) is 0.286. The van der Waals surface area contributed by atoms with Gasteiger partial charge in [0.05, 0.1) is 42.1 Å². The Kier molecular flexibility index (Phi) is 8.20. The molecule has 1 aliphatic rings. The summed E-state index contributed by atoms with van der Waals surface area (Å²) in [5.41, 5.74) is 1.76. The van der Waals surface area contributed by atoms with E-state index >= 15 is 0 Å². The lowest BCUT2D eigenvalue weighted by Crippen LogP contribution is -2.31. The highest BCUT2D eigenvalue weighted by Crippen LogP contribution is 2.19. The summed E-state index contributed by atoms with van der Waals surface area (Å²) in [5, 5.41) is 6.67. The molecule has 0 bridgehead atoms. The van der Waals surface area contributed by atoms with E-state index in [1.807, 2.05) is 18.2 Å². The zero-order valence-electron chi connectivity index (χ0n) is 20.7. The fourth-order valence-electron chi connectivity index (χ4n) is 4.24. The van der Waals surface area contributed by atoms with E-state index in [9.17, 15) is 14.4 Å². The van der Waals surface area contributed by atoms with Crippen molar-refractivity contribution in [3.8, 4) is 0 Å². The average molecular weight is 533 g/mol. The van der Waals surface area contributed by atoms with Crippen LogP contribution in [-0.4, -0.2) is 46.4 Å². The van der Waals surface area contributed by atoms with Crippen molar-refractivity contribution in [3.05, 3.63) is 94.2 Å². The van der Waals surface area contributed by atoms with Gasteiger partial charge in [-0.1, -0.05) is 36.0 Å². The van der Waals surface area contributed by atoms with Crippen LogP contribution >= 0.6 is 11.8 Å². The van der Waals surface area contributed by atoms with Crippen molar-refractivity contribution in [2.24, 2.45) is 0 Å². The van der Waals surface area contributed by atoms with E-state index in [-0.39, 0.29) is 42.3 Å². The van der Waals surface area contributed by atoms with E-state index in [0.29, 0.717) is 33.9 Å². The monoisotopic (exact) mass is 532 g/mol. The second-order valence-corrected chi connectivity index (χ2v) is 9.93. The van der Waals surface area contributed by atoms with Crippen molar-refractivity contribution >= 4 is 34.5 Å². The Morgan fingerprint density at radius 2 is 1.89 bits per heavy atom. The third-order valence-corrected chi connectivity index (χ3v) is 7.25. The van der Waals surface area contributed by atoms with Gasteiger partial charge in [-0.2, -0.15) is 0 Å². The molecule has 1 fully saturated rings. The number of rotatable bonds is 10. The number of thioether (sulfide) groups is 1. The van der Waals surface area contributed by atoms with Gasteiger partial charge in [-0.05, 0) is 54.8 Å². The van der Waals surface area contributed by atoms with E-state index in [2.05, 4.69) is 15.6 Å². The van der Waals surface area contributed by atoms with Gasteiger partial charge in [0.2, 0.25) is 5.91 Å². The predicted molar refractivity (Wildman–Crippen MR) is 144 cm³/mol. The SMILES string of the molecule is O=C(CSc1nc2ccccc2c(=O)n1Cc1ccc(C(=O)NC[C@@H]2CCCO2)cc1)NCc1ccco1. The number of nitrogens with one attached hydrogen (secondary N) is 2. The maximum atomic E-state index is 13.4. The first-order chi connectivity index (χ1) is 18.6. The molecule has 196 valence electrons. The largest absolute Gasteiger partial charge is 0.467 e. The summed E-state index contributed by atoms with van der Waals surface area (Å²) >= 11 is 1.20. The molecule has 10 heteroatoms. The molecule has 1 atom stereocenters. The van der Waals surface area contributed by atoms with Gasteiger partial charge < -0.3 is 19.8 Å². The minimum absolute atomic E-state index is 0.0774. The number of amides is 2. The van der Waals surface area contributed by atoms with Gasteiger partial charge in [-0.15, -0.1) is 0 Å². The number of hydrogen-bond acceptors (Lipinski definition) is 7. The van der Waals surface area contributed by atoms with Gasteiger partial charge in [0.1, 0.15) is 5.76 Å². The first-order valence-electron chi connectivity index (χ1n) is 12.5. The van der Waals surface area contributed by atoms with Gasteiger partial charge in [-0.3, -0.25) is 19.0 Å². The Hall–Kier alpha value is -3.89. The molecule has 0 spiro atoms. The minimum atomic E-state index is -0.196. The van der Waals surface area contributed by atoms with Crippen LogP contribution in [0.3, 0.4) is 0 Å². The first-order valence-corrected chi connectivity index (χ1v) is 13.5. The Morgan fingerprint density at radius 1 is 1.05 bits per heavy atom. The molecule has 2 aromatic heterocycles. The van der Waals surface area contributed by atoms with Crippen LogP contribution in [-0.2, 0) is 22.6 Å². The number of carbonyl (C=O) groups excluding carboxylic acids is 2. The number of carbonyl (C=O) groups is 2. The number of nitrogens with zero attached hydrogens (tertiary/aromatic N) is 2. The molecule has 4 aromatic rings. The predicted octanol–water partition coefficient (Wildman–Crippen LogP) is 3.36. The quantitative estimate of drug-likeness (QED) is 0.238. The first kappa shape index (κ1) is 25.7. The Balaban J connectivity index is 1.29.